The molecular weight excluding hydrogens is 560 g/mol. The molecule has 2 fully saturated rings. The van der Waals surface area contributed by atoms with E-state index in [1.165, 1.54) is 0 Å². The normalized spacial score (nSPS) is 33.1. The minimum absolute atomic E-state index is 0.540. The zero-order chi connectivity index (χ0) is 31.0. The Hall–Kier alpha value is -3.38. The first kappa shape index (κ1) is 33.8. The molecule has 41 heavy (non-hydrogen) atoms. The van der Waals surface area contributed by atoms with Crippen molar-refractivity contribution in [3.8, 4) is 0 Å². The third-order valence-electron chi connectivity index (χ3n) is 5.63. The van der Waals surface area contributed by atoms with Gasteiger partial charge in [-0.15, -0.1) is 0 Å². The van der Waals surface area contributed by atoms with Crippen molar-refractivity contribution in [3.05, 3.63) is 0 Å². The van der Waals surface area contributed by atoms with Crippen LogP contribution in [0.3, 0.4) is 0 Å². The van der Waals surface area contributed by atoms with Crippen molar-refractivity contribution in [1.82, 2.24) is 0 Å². The fraction of sp³-hybridized carbons (Fsp3) is 0.750. The molecular formula is C24H34O17. The van der Waals surface area contributed by atoms with Crippen LogP contribution < -0.4 is 0 Å². The van der Waals surface area contributed by atoms with Crippen LogP contribution in [0.2, 0.25) is 0 Å². The third kappa shape index (κ3) is 9.89. The van der Waals surface area contributed by atoms with E-state index in [2.05, 4.69) is 0 Å². The van der Waals surface area contributed by atoms with Crippen LogP contribution in [-0.4, -0.2) is 121 Å². The standard InChI is InChI=1S/C24H34O17/c1-9(25)33-7-15-18(35-11(3)27)17(31)20(37-13(5)29)24(40-15)41-21-19(36-12(4)28)16(8-34-10(2)26)39-23(32)22(21)38-14(6)30/h15-24,31-32H,7-8H2,1-6H3/t15?,16?,17-,18-,19-,20?,21-,22?,23+,24-/m0/s1. The summed E-state index contributed by atoms with van der Waals surface area (Å²) in [4.78, 5) is 70.4. The van der Waals surface area contributed by atoms with Crippen LogP contribution in [0.4, 0.5) is 0 Å². The molecule has 0 spiro atoms. The molecule has 0 aliphatic carbocycles. The second-order valence-electron chi connectivity index (χ2n) is 9.10. The first-order valence-electron chi connectivity index (χ1n) is 12.4. The summed E-state index contributed by atoms with van der Waals surface area (Å²) >= 11 is 0. The lowest BCUT2D eigenvalue weighted by Crippen LogP contribution is -2.66. The predicted molar refractivity (Wildman–Crippen MR) is 126 cm³/mol. The van der Waals surface area contributed by atoms with Gasteiger partial charge in [-0.1, -0.05) is 0 Å². The van der Waals surface area contributed by atoms with Crippen LogP contribution in [0.15, 0.2) is 0 Å². The Morgan fingerprint density at radius 1 is 0.537 bits per heavy atom. The molecule has 17 nitrogen and oxygen atoms in total. The number of aliphatic hydroxyl groups is 2. The maximum atomic E-state index is 12.0. The topological polar surface area (TPSA) is 226 Å². The van der Waals surface area contributed by atoms with Gasteiger partial charge in [0.05, 0.1) is 0 Å². The number of hydrogen-bond donors (Lipinski definition) is 2. The summed E-state index contributed by atoms with van der Waals surface area (Å²) in [5.41, 5.74) is 0. The van der Waals surface area contributed by atoms with Crippen molar-refractivity contribution in [2.24, 2.45) is 0 Å². The fourth-order valence-corrected chi connectivity index (χ4v) is 4.18. The SMILES string of the molecule is CC(=O)OCC1O[C@@H](O[C@@H]2C(OC(C)=O)[C@H](O)OC(COC(C)=O)[C@@H]2OC(C)=O)C(OC(C)=O)[C@@H](O)[C@H]1OC(C)=O. The van der Waals surface area contributed by atoms with Gasteiger partial charge >= 0.3 is 35.8 Å². The van der Waals surface area contributed by atoms with Gasteiger partial charge in [0, 0.05) is 41.5 Å². The van der Waals surface area contributed by atoms with E-state index >= 15 is 0 Å². The highest BCUT2D eigenvalue weighted by Crippen LogP contribution is 2.33. The first-order chi connectivity index (χ1) is 19.1. The largest absolute Gasteiger partial charge is 0.463 e. The van der Waals surface area contributed by atoms with Gasteiger partial charge in [0.1, 0.15) is 37.6 Å². The molecule has 0 aromatic heterocycles. The van der Waals surface area contributed by atoms with E-state index in [-0.39, 0.29) is 0 Å². The second kappa shape index (κ2) is 15.0. The lowest BCUT2D eigenvalue weighted by atomic mass is 9.96. The van der Waals surface area contributed by atoms with Crippen molar-refractivity contribution >= 4 is 35.8 Å². The fourth-order valence-electron chi connectivity index (χ4n) is 4.18. The Morgan fingerprint density at radius 3 is 1.41 bits per heavy atom. The summed E-state index contributed by atoms with van der Waals surface area (Å²) < 4.78 is 47.9. The summed E-state index contributed by atoms with van der Waals surface area (Å²) in [7, 11) is 0. The molecule has 2 heterocycles. The van der Waals surface area contributed by atoms with Crippen LogP contribution in [0.25, 0.3) is 0 Å². The predicted octanol–water partition coefficient (Wildman–Crippen LogP) is -1.97. The maximum absolute atomic E-state index is 12.0. The highest BCUT2D eigenvalue weighted by Gasteiger charge is 2.56. The summed E-state index contributed by atoms with van der Waals surface area (Å²) in [5, 5.41) is 21.7. The van der Waals surface area contributed by atoms with E-state index < -0.39 is 110 Å². The average Bonchev–Trinajstić information content (AvgIpc) is 2.83. The molecule has 0 aromatic carbocycles. The lowest BCUT2D eigenvalue weighted by Gasteiger charge is -2.47. The van der Waals surface area contributed by atoms with Gasteiger partial charge < -0.3 is 52.8 Å². The van der Waals surface area contributed by atoms with Gasteiger partial charge in [-0.2, -0.15) is 0 Å². The van der Waals surface area contributed by atoms with E-state index in [1.807, 2.05) is 0 Å². The number of rotatable bonds is 10. The second-order valence-corrected chi connectivity index (χ2v) is 9.10. The Balaban J connectivity index is 2.54. The molecule has 10 atom stereocenters. The van der Waals surface area contributed by atoms with Gasteiger partial charge in [0.2, 0.25) is 0 Å². The van der Waals surface area contributed by atoms with Crippen molar-refractivity contribution in [2.45, 2.75) is 103 Å². The Labute approximate surface area is 234 Å². The molecule has 0 saturated carbocycles. The lowest BCUT2D eigenvalue weighted by molar-refractivity contribution is -0.357. The van der Waals surface area contributed by atoms with Gasteiger partial charge in [0.15, 0.2) is 37.0 Å². The molecule has 2 saturated heterocycles. The van der Waals surface area contributed by atoms with Gasteiger partial charge in [-0.25, -0.2) is 0 Å². The molecule has 4 unspecified atom stereocenters. The average molecular weight is 595 g/mol. The van der Waals surface area contributed by atoms with Crippen LogP contribution in [0.1, 0.15) is 41.5 Å². The molecule has 2 rings (SSSR count). The van der Waals surface area contributed by atoms with E-state index in [9.17, 15) is 39.0 Å². The summed E-state index contributed by atoms with van der Waals surface area (Å²) in [6.07, 6.45) is -16.4. The Kier molecular flexibility index (Phi) is 12.4. The highest BCUT2D eigenvalue weighted by molar-refractivity contribution is 5.68. The maximum Gasteiger partial charge on any atom is 0.303 e. The van der Waals surface area contributed by atoms with Gasteiger partial charge in [-0.05, 0) is 0 Å². The number of carbonyl (C=O) groups is 6. The smallest absolute Gasteiger partial charge is 0.303 e. The monoisotopic (exact) mass is 594 g/mol. The first-order valence-corrected chi connectivity index (χ1v) is 12.4. The van der Waals surface area contributed by atoms with Crippen LogP contribution in [-0.2, 0) is 71.4 Å². The minimum Gasteiger partial charge on any atom is -0.463 e. The molecule has 2 aliphatic rings. The molecule has 2 N–H and O–H groups in total. The molecule has 0 aromatic rings. The summed E-state index contributed by atoms with van der Waals surface area (Å²) in [6, 6.07) is 0. The van der Waals surface area contributed by atoms with Crippen LogP contribution in [0.5, 0.6) is 0 Å². The number of aliphatic hydroxyl groups excluding tert-OH is 2. The Bertz CT molecular complexity index is 979. The minimum atomic E-state index is -1.91. The molecule has 2 aliphatic heterocycles. The molecule has 0 bridgehead atoms. The number of esters is 6. The number of ether oxygens (including phenoxy) is 9. The molecule has 0 amide bonds. The van der Waals surface area contributed by atoms with E-state index in [4.69, 9.17) is 42.6 Å². The van der Waals surface area contributed by atoms with E-state index in [0.717, 1.165) is 41.5 Å². The molecule has 0 radical (unpaired) electrons. The molecule has 17 heteroatoms. The van der Waals surface area contributed by atoms with Crippen molar-refractivity contribution in [2.75, 3.05) is 13.2 Å². The highest BCUT2D eigenvalue weighted by atomic mass is 16.8. The van der Waals surface area contributed by atoms with Crippen molar-refractivity contribution in [1.29, 1.82) is 0 Å². The summed E-state index contributed by atoms with van der Waals surface area (Å²) in [6.45, 7) is 5.19. The number of hydrogen-bond acceptors (Lipinski definition) is 17. The number of carbonyl (C=O) groups excluding carboxylic acids is 6. The van der Waals surface area contributed by atoms with Crippen molar-refractivity contribution < 1.29 is 81.6 Å². The Morgan fingerprint density at radius 2 is 0.951 bits per heavy atom. The van der Waals surface area contributed by atoms with Gasteiger partial charge in [0.25, 0.3) is 0 Å². The quantitative estimate of drug-likeness (QED) is 0.206. The zero-order valence-electron chi connectivity index (χ0n) is 23.2. The summed E-state index contributed by atoms with van der Waals surface area (Å²) in [5.74, 6) is -5.02. The third-order valence-corrected chi connectivity index (χ3v) is 5.63. The van der Waals surface area contributed by atoms with Crippen LogP contribution >= 0.6 is 0 Å². The molecule has 232 valence electrons. The zero-order valence-corrected chi connectivity index (χ0v) is 23.2. The van der Waals surface area contributed by atoms with Gasteiger partial charge in [-0.3, -0.25) is 28.8 Å². The van der Waals surface area contributed by atoms with Crippen LogP contribution in [0, 0.1) is 0 Å². The van der Waals surface area contributed by atoms with E-state index in [0.29, 0.717) is 0 Å². The van der Waals surface area contributed by atoms with E-state index in [1.54, 1.807) is 0 Å². The van der Waals surface area contributed by atoms with Crippen molar-refractivity contribution in [3.63, 3.8) is 0 Å².